The van der Waals surface area contributed by atoms with Crippen LogP contribution in [0.25, 0.3) is 0 Å². The zero-order valence-corrected chi connectivity index (χ0v) is 16.9. The number of thiophene rings is 1. The minimum atomic E-state index is 0. The van der Waals surface area contributed by atoms with E-state index in [0.717, 1.165) is 14.4 Å². The molecule has 0 aliphatic carbocycles. The number of guanidine groups is 1. The second kappa shape index (κ2) is 9.21. The number of halogens is 2. The Bertz CT molecular complexity index is 649. The number of nitrogens with two attached hydrogens (primary N) is 1. The van der Waals surface area contributed by atoms with E-state index < -0.39 is 0 Å². The average molecular weight is 498 g/mol. The molecule has 0 aliphatic rings. The van der Waals surface area contributed by atoms with E-state index in [0.29, 0.717) is 24.0 Å². The Balaban J connectivity index is 0.00000242. The molecule has 0 atom stereocenters. The molecule has 0 bridgehead atoms. The maximum Gasteiger partial charge on any atom is 0.193 e. The number of nitrogens with zero attached hydrogens (tertiary/aromatic N) is 1. The van der Waals surface area contributed by atoms with E-state index in [4.69, 9.17) is 15.2 Å². The number of ether oxygens (including phenoxy) is 2. The lowest BCUT2D eigenvalue weighted by atomic mass is 10.3. The maximum atomic E-state index is 5.88. The fraction of sp³-hybridized carbons (Fsp3) is 0.214. The zero-order valence-electron chi connectivity index (χ0n) is 12.1. The predicted molar refractivity (Wildman–Crippen MR) is 106 cm³/mol. The monoisotopic (exact) mass is 497 g/mol. The van der Waals surface area contributed by atoms with Crippen molar-refractivity contribution < 1.29 is 9.47 Å². The Morgan fingerprint density at radius 1 is 1.23 bits per heavy atom. The minimum Gasteiger partial charge on any atom is -0.493 e. The Labute approximate surface area is 159 Å². The lowest BCUT2D eigenvalue weighted by Gasteiger charge is -2.10. The van der Waals surface area contributed by atoms with E-state index in [9.17, 15) is 0 Å². The van der Waals surface area contributed by atoms with Gasteiger partial charge in [-0.1, -0.05) is 0 Å². The van der Waals surface area contributed by atoms with E-state index in [1.165, 1.54) is 0 Å². The summed E-state index contributed by atoms with van der Waals surface area (Å²) >= 11 is 5.06. The van der Waals surface area contributed by atoms with E-state index >= 15 is 0 Å². The second-order valence-corrected chi connectivity index (χ2v) is 6.65. The number of aliphatic imine (C=N–C) groups is 1. The molecule has 120 valence electrons. The van der Waals surface area contributed by atoms with E-state index in [1.54, 1.807) is 25.6 Å². The van der Waals surface area contributed by atoms with Crippen molar-refractivity contribution in [1.29, 1.82) is 0 Å². The van der Waals surface area contributed by atoms with Gasteiger partial charge in [-0.2, -0.15) is 0 Å². The molecular weight excluding hydrogens is 481 g/mol. The summed E-state index contributed by atoms with van der Waals surface area (Å²) in [4.78, 5) is 5.44. The lowest BCUT2D eigenvalue weighted by Crippen LogP contribution is -2.22. The van der Waals surface area contributed by atoms with Gasteiger partial charge >= 0.3 is 0 Å². The first-order chi connectivity index (χ1) is 10.1. The Morgan fingerprint density at radius 3 is 2.55 bits per heavy atom. The summed E-state index contributed by atoms with van der Waals surface area (Å²) in [5.41, 5.74) is 6.68. The molecule has 5 nitrogen and oxygen atoms in total. The molecule has 0 spiro atoms. The Morgan fingerprint density at radius 2 is 1.95 bits per heavy atom. The van der Waals surface area contributed by atoms with Gasteiger partial charge in [-0.05, 0) is 40.2 Å². The van der Waals surface area contributed by atoms with Crippen LogP contribution in [0.15, 0.2) is 39.1 Å². The number of rotatable bonds is 5. The van der Waals surface area contributed by atoms with Gasteiger partial charge in [-0.25, -0.2) is 4.99 Å². The zero-order chi connectivity index (χ0) is 15.2. The first kappa shape index (κ1) is 19.0. The summed E-state index contributed by atoms with van der Waals surface area (Å²) in [7, 11) is 3.19. The van der Waals surface area contributed by atoms with Gasteiger partial charge in [-0.3, -0.25) is 0 Å². The standard InChI is InChI=1S/C14H16BrN3O2S.HI/c1-19-11-5-3-9(7-12(11)20-2)18-14(16)17-8-10-4-6-13(15)21-10;/h3-7H,8H2,1-2H3,(H3,16,17,18);1H. The molecule has 0 radical (unpaired) electrons. The molecule has 0 saturated heterocycles. The third kappa shape index (κ3) is 5.33. The van der Waals surface area contributed by atoms with Crippen molar-refractivity contribution in [3.05, 3.63) is 39.0 Å². The molecule has 0 saturated carbocycles. The van der Waals surface area contributed by atoms with Crippen LogP contribution in [-0.4, -0.2) is 20.2 Å². The second-order valence-electron chi connectivity index (χ2n) is 4.10. The van der Waals surface area contributed by atoms with Gasteiger partial charge in [0.15, 0.2) is 17.5 Å². The number of benzene rings is 1. The van der Waals surface area contributed by atoms with Crippen LogP contribution in [0.4, 0.5) is 5.69 Å². The highest BCUT2D eigenvalue weighted by Gasteiger charge is 2.05. The van der Waals surface area contributed by atoms with Gasteiger partial charge in [0.2, 0.25) is 0 Å². The Kier molecular flexibility index (Phi) is 7.97. The molecule has 8 heteroatoms. The largest absolute Gasteiger partial charge is 0.493 e. The normalized spacial score (nSPS) is 10.8. The van der Waals surface area contributed by atoms with Crippen molar-refractivity contribution in [2.75, 3.05) is 19.5 Å². The molecular formula is C14H17BrIN3O2S. The fourth-order valence-corrected chi connectivity index (χ4v) is 3.11. The van der Waals surface area contributed by atoms with Crippen LogP contribution in [0, 0.1) is 0 Å². The number of hydrogen-bond acceptors (Lipinski definition) is 4. The Hall–Kier alpha value is -1.000. The van der Waals surface area contributed by atoms with Crippen molar-refractivity contribution in [1.82, 2.24) is 0 Å². The van der Waals surface area contributed by atoms with Crippen LogP contribution in [-0.2, 0) is 6.54 Å². The summed E-state index contributed by atoms with van der Waals surface area (Å²) in [5.74, 6) is 1.66. The molecule has 0 unspecified atom stereocenters. The smallest absolute Gasteiger partial charge is 0.193 e. The van der Waals surface area contributed by atoms with E-state index in [1.807, 2.05) is 30.3 Å². The number of anilines is 1. The highest BCUT2D eigenvalue weighted by atomic mass is 127. The summed E-state index contributed by atoms with van der Waals surface area (Å²) in [5, 5.41) is 3.03. The molecule has 2 aromatic rings. The van der Waals surface area contributed by atoms with Crippen molar-refractivity contribution in [3.63, 3.8) is 0 Å². The SMILES string of the molecule is COc1ccc(NC(N)=NCc2ccc(Br)s2)cc1OC.I. The molecule has 1 aromatic carbocycles. The minimum absolute atomic E-state index is 0. The predicted octanol–water partition coefficient (Wildman–Crippen LogP) is 4.07. The summed E-state index contributed by atoms with van der Waals surface area (Å²) in [6.07, 6.45) is 0. The molecule has 0 fully saturated rings. The first-order valence-electron chi connectivity index (χ1n) is 6.15. The molecule has 1 aromatic heterocycles. The van der Waals surface area contributed by atoms with Gasteiger partial charge in [0.05, 0.1) is 24.6 Å². The maximum absolute atomic E-state index is 5.88. The van der Waals surface area contributed by atoms with Crippen LogP contribution >= 0.6 is 51.2 Å². The van der Waals surface area contributed by atoms with Gasteiger partial charge in [-0.15, -0.1) is 35.3 Å². The van der Waals surface area contributed by atoms with E-state index in [-0.39, 0.29) is 24.0 Å². The van der Waals surface area contributed by atoms with Gasteiger partial charge in [0.25, 0.3) is 0 Å². The number of hydrogen-bond donors (Lipinski definition) is 2. The third-order valence-electron chi connectivity index (χ3n) is 2.69. The fourth-order valence-electron chi connectivity index (χ4n) is 1.70. The average Bonchev–Trinajstić information content (AvgIpc) is 2.90. The number of nitrogens with one attached hydrogen (secondary N) is 1. The van der Waals surface area contributed by atoms with Crippen molar-refractivity contribution >= 4 is 62.9 Å². The van der Waals surface area contributed by atoms with Gasteiger partial charge in [0.1, 0.15) is 0 Å². The highest BCUT2D eigenvalue weighted by molar-refractivity contribution is 14.0. The van der Waals surface area contributed by atoms with Gasteiger partial charge < -0.3 is 20.5 Å². The van der Waals surface area contributed by atoms with Crippen LogP contribution < -0.4 is 20.5 Å². The molecule has 0 amide bonds. The quantitative estimate of drug-likeness (QED) is 0.371. The van der Waals surface area contributed by atoms with Crippen molar-refractivity contribution in [2.24, 2.45) is 10.7 Å². The van der Waals surface area contributed by atoms with Crippen LogP contribution in [0.1, 0.15) is 4.88 Å². The molecule has 0 aliphatic heterocycles. The van der Waals surface area contributed by atoms with Crippen molar-refractivity contribution in [3.8, 4) is 11.5 Å². The molecule has 1 heterocycles. The first-order valence-corrected chi connectivity index (χ1v) is 7.76. The number of methoxy groups -OCH3 is 2. The molecule has 2 rings (SSSR count). The van der Waals surface area contributed by atoms with Gasteiger partial charge in [0, 0.05) is 16.6 Å². The summed E-state index contributed by atoms with van der Waals surface area (Å²) in [6.45, 7) is 0.544. The molecule has 22 heavy (non-hydrogen) atoms. The van der Waals surface area contributed by atoms with Crippen molar-refractivity contribution in [2.45, 2.75) is 6.54 Å². The molecule has 3 N–H and O–H groups in total. The summed E-state index contributed by atoms with van der Waals surface area (Å²) < 4.78 is 11.5. The van der Waals surface area contributed by atoms with Crippen LogP contribution in [0.2, 0.25) is 0 Å². The van der Waals surface area contributed by atoms with E-state index in [2.05, 4.69) is 26.2 Å². The van der Waals surface area contributed by atoms with Crippen LogP contribution in [0.3, 0.4) is 0 Å². The third-order valence-corrected chi connectivity index (χ3v) is 4.30. The lowest BCUT2D eigenvalue weighted by molar-refractivity contribution is 0.355. The summed E-state index contributed by atoms with van der Waals surface area (Å²) in [6, 6.07) is 9.48. The highest BCUT2D eigenvalue weighted by Crippen LogP contribution is 2.29. The topological polar surface area (TPSA) is 68.9 Å². The van der Waals surface area contributed by atoms with Crippen LogP contribution in [0.5, 0.6) is 11.5 Å².